The van der Waals surface area contributed by atoms with Crippen molar-refractivity contribution in [2.24, 2.45) is 0 Å². The van der Waals surface area contributed by atoms with E-state index in [0.29, 0.717) is 13.2 Å². The van der Waals surface area contributed by atoms with E-state index >= 15 is 0 Å². The average molecular weight is 360 g/mol. The fraction of sp³-hybridized carbons (Fsp3) is 0.333. The summed E-state index contributed by atoms with van der Waals surface area (Å²) in [4.78, 5) is 0. The highest BCUT2D eigenvalue weighted by Gasteiger charge is 2.12. The van der Waals surface area contributed by atoms with Crippen molar-refractivity contribution in [3.05, 3.63) is 64.7 Å². The third-order valence-electron chi connectivity index (χ3n) is 3.89. The quantitative estimate of drug-likeness (QED) is 0.575. The molecule has 0 atom stereocenters. The maximum Gasteiger partial charge on any atom is 0.164 e. The van der Waals surface area contributed by atoms with E-state index in [4.69, 9.17) is 21.1 Å². The van der Waals surface area contributed by atoms with Crippen LogP contribution in [0.25, 0.3) is 0 Å². The highest BCUT2D eigenvalue weighted by molar-refractivity contribution is 6.31. The lowest BCUT2D eigenvalue weighted by molar-refractivity contribution is 0.291. The predicted molar refractivity (Wildman–Crippen MR) is 106 cm³/mol. The third-order valence-corrected chi connectivity index (χ3v) is 4.30. The minimum atomic E-state index is 0.667. The normalized spacial score (nSPS) is 10.4. The zero-order valence-electron chi connectivity index (χ0n) is 15.2. The Morgan fingerprint density at radius 1 is 1.24 bits per heavy atom. The highest BCUT2D eigenvalue weighted by atomic mass is 35.5. The van der Waals surface area contributed by atoms with Crippen molar-refractivity contribution >= 4 is 17.3 Å². The minimum Gasteiger partial charge on any atom is -0.493 e. The van der Waals surface area contributed by atoms with Crippen LogP contribution in [0.4, 0.5) is 5.69 Å². The summed E-state index contributed by atoms with van der Waals surface area (Å²) in [6.45, 7) is 9.27. The molecule has 0 fully saturated rings. The van der Waals surface area contributed by atoms with Crippen LogP contribution in [0, 0.1) is 6.92 Å². The van der Waals surface area contributed by atoms with Crippen molar-refractivity contribution in [1.82, 2.24) is 0 Å². The van der Waals surface area contributed by atoms with Gasteiger partial charge in [-0.05, 0) is 55.2 Å². The number of rotatable bonds is 9. The van der Waals surface area contributed by atoms with Gasteiger partial charge in [0.1, 0.15) is 0 Å². The van der Waals surface area contributed by atoms with Crippen LogP contribution in [-0.4, -0.2) is 13.7 Å². The number of anilines is 1. The molecule has 0 spiro atoms. The number of methoxy groups -OCH3 is 1. The van der Waals surface area contributed by atoms with Gasteiger partial charge in [0.15, 0.2) is 11.5 Å². The summed E-state index contributed by atoms with van der Waals surface area (Å²) >= 11 is 6.19. The van der Waals surface area contributed by atoms with Crippen molar-refractivity contribution in [3.63, 3.8) is 0 Å². The molecule has 0 saturated carbocycles. The maximum absolute atomic E-state index is 6.19. The van der Waals surface area contributed by atoms with Gasteiger partial charge >= 0.3 is 0 Å². The van der Waals surface area contributed by atoms with E-state index in [-0.39, 0.29) is 0 Å². The fourth-order valence-corrected chi connectivity index (χ4v) is 2.74. The zero-order valence-corrected chi connectivity index (χ0v) is 16.0. The number of hydrogen-bond donors (Lipinski definition) is 1. The van der Waals surface area contributed by atoms with Crippen molar-refractivity contribution in [1.29, 1.82) is 0 Å². The molecule has 0 aliphatic carbocycles. The van der Waals surface area contributed by atoms with Crippen molar-refractivity contribution in [2.45, 2.75) is 33.2 Å². The monoisotopic (exact) mass is 359 g/mol. The van der Waals surface area contributed by atoms with Crippen LogP contribution in [0.3, 0.4) is 0 Å². The van der Waals surface area contributed by atoms with Crippen LogP contribution in [-0.2, 0) is 13.0 Å². The number of benzene rings is 2. The molecule has 2 aromatic carbocycles. The fourth-order valence-electron chi connectivity index (χ4n) is 2.56. The predicted octanol–water partition coefficient (Wildman–Crippen LogP) is 5.79. The molecule has 0 heterocycles. The van der Waals surface area contributed by atoms with E-state index in [1.807, 2.05) is 37.3 Å². The summed E-state index contributed by atoms with van der Waals surface area (Å²) in [6, 6.07) is 10.1. The molecule has 0 unspecified atom stereocenters. The van der Waals surface area contributed by atoms with Gasteiger partial charge in [-0.3, -0.25) is 0 Å². The first-order valence-corrected chi connectivity index (χ1v) is 8.90. The molecule has 134 valence electrons. The molecule has 0 saturated heterocycles. The van der Waals surface area contributed by atoms with Gasteiger partial charge in [-0.1, -0.05) is 30.7 Å². The van der Waals surface area contributed by atoms with Gasteiger partial charge in [-0.2, -0.15) is 0 Å². The van der Waals surface area contributed by atoms with E-state index < -0.39 is 0 Å². The van der Waals surface area contributed by atoms with E-state index in [1.54, 1.807) is 7.11 Å². The second-order valence-corrected chi connectivity index (χ2v) is 6.35. The van der Waals surface area contributed by atoms with Crippen LogP contribution in [0.15, 0.2) is 43.0 Å². The molecule has 0 aliphatic rings. The van der Waals surface area contributed by atoms with E-state index in [2.05, 4.69) is 24.9 Å². The van der Waals surface area contributed by atoms with E-state index in [0.717, 1.165) is 51.7 Å². The number of hydrogen-bond acceptors (Lipinski definition) is 3. The molecular formula is C21H26ClNO2. The van der Waals surface area contributed by atoms with Crippen LogP contribution in [0.5, 0.6) is 11.5 Å². The summed E-state index contributed by atoms with van der Waals surface area (Å²) in [6.07, 6.45) is 3.57. The molecule has 4 heteroatoms. The largest absolute Gasteiger partial charge is 0.493 e. The van der Waals surface area contributed by atoms with Crippen LogP contribution >= 0.6 is 11.6 Å². The average Bonchev–Trinajstić information content (AvgIpc) is 2.61. The lowest BCUT2D eigenvalue weighted by Crippen LogP contribution is -2.05. The summed E-state index contributed by atoms with van der Waals surface area (Å²) in [7, 11) is 1.67. The SMILES string of the molecule is C=CCc1cc(CNc2ccc(C)c(Cl)c2)cc(OC)c1OCCC. The van der Waals surface area contributed by atoms with Crippen molar-refractivity contribution in [3.8, 4) is 11.5 Å². The molecule has 1 N–H and O–H groups in total. The number of aryl methyl sites for hydroxylation is 1. The lowest BCUT2D eigenvalue weighted by atomic mass is 10.1. The van der Waals surface area contributed by atoms with E-state index in [1.165, 1.54) is 0 Å². The van der Waals surface area contributed by atoms with Crippen LogP contribution in [0.2, 0.25) is 5.02 Å². The Labute approximate surface area is 155 Å². The van der Waals surface area contributed by atoms with Gasteiger partial charge in [0.25, 0.3) is 0 Å². The number of ether oxygens (including phenoxy) is 2. The first-order chi connectivity index (χ1) is 12.1. The molecule has 2 aromatic rings. The zero-order chi connectivity index (χ0) is 18.2. The van der Waals surface area contributed by atoms with Crippen LogP contribution < -0.4 is 14.8 Å². The summed E-state index contributed by atoms with van der Waals surface area (Å²) in [5.41, 5.74) is 4.27. The first kappa shape index (κ1) is 19.2. The smallest absolute Gasteiger partial charge is 0.164 e. The van der Waals surface area contributed by atoms with Crippen LogP contribution in [0.1, 0.15) is 30.0 Å². The van der Waals surface area contributed by atoms with Gasteiger partial charge in [0, 0.05) is 22.8 Å². The maximum atomic E-state index is 6.19. The molecule has 0 amide bonds. The summed E-state index contributed by atoms with van der Waals surface area (Å²) < 4.78 is 11.4. The Morgan fingerprint density at radius 3 is 2.68 bits per heavy atom. The number of allylic oxidation sites excluding steroid dienone is 1. The topological polar surface area (TPSA) is 30.5 Å². The first-order valence-electron chi connectivity index (χ1n) is 8.52. The molecule has 0 aromatic heterocycles. The lowest BCUT2D eigenvalue weighted by Gasteiger charge is -2.17. The minimum absolute atomic E-state index is 0.667. The summed E-state index contributed by atoms with van der Waals surface area (Å²) in [5.74, 6) is 1.57. The third kappa shape index (κ3) is 5.17. The molecule has 0 bridgehead atoms. The van der Waals surface area contributed by atoms with Gasteiger partial charge in [-0.25, -0.2) is 0 Å². The Morgan fingerprint density at radius 2 is 2.04 bits per heavy atom. The number of halogens is 1. The van der Waals surface area contributed by atoms with Gasteiger partial charge in [0.05, 0.1) is 13.7 Å². The molecule has 2 rings (SSSR count). The number of nitrogens with one attached hydrogen (secondary N) is 1. The Hall–Kier alpha value is -2.13. The van der Waals surface area contributed by atoms with Crippen molar-refractivity contribution in [2.75, 3.05) is 19.0 Å². The standard InChI is InChI=1S/C21H26ClNO2/c1-5-7-17-11-16(12-20(24-4)21(17)25-10-6-2)14-23-18-9-8-15(3)19(22)13-18/h5,8-9,11-13,23H,1,6-7,10,14H2,2-4H3. The second kappa shape index (κ2) is 9.38. The molecular weight excluding hydrogens is 334 g/mol. The Kier molecular flexibility index (Phi) is 7.20. The van der Waals surface area contributed by atoms with E-state index in [9.17, 15) is 0 Å². The Balaban J connectivity index is 2.23. The molecule has 3 nitrogen and oxygen atoms in total. The van der Waals surface area contributed by atoms with Crippen molar-refractivity contribution < 1.29 is 9.47 Å². The van der Waals surface area contributed by atoms with Gasteiger partial charge < -0.3 is 14.8 Å². The second-order valence-electron chi connectivity index (χ2n) is 5.95. The molecule has 25 heavy (non-hydrogen) atoms. The summed E-state index contributed by atoms with van der Waals surface area (Å²) in [5, 5.41) is 4.17. The van der Waals surface area contributed by atoms with Gasteiger partial charge in [0.2, 0.25) is 0 Å². The molecule has 0 radical (unpaired) electrons. The molecule has 0 aliphatic heterocycles. The Bertz CT molecular complexity index is 728. The highest BCUT2D eigenvalue weighted by Crippen LogP contribution is 2.34. The van der Waals surface area contributed by atoms with Gasteiger partial charge in [-0.15, -0.1) is 6.58 Å².